The molecule has 0 aliphatic rings. The van der Waals surface area contributed by atoms with Gasteiger partial charge in [-0.1, -0.05) is 29.8 Å². The van der Waals surface area contributed by atoms with Crippen LogP contribution in [0.3, 0.4) is 0 Å². The number of carbonyl (C=O) groups excluding carboxylic acids is 2. The van der Waals surface area contributed by atoms with Crippen LogP contribution in [0.1, 0.15) is 59.8 Å². The van der Waals surface area contributed by atoms with E-state index in [-0.39, 0.29) is 30.8 Å². The third-order valence-corrected chi connectivity index (χ3v) is 6.89. The number of nitrogens with zero attached hydrogens (tertiary/aromatic N) is 3. The van der Waals surface area contributed by atoms with Crippen molar-refractivity contribution in [2.75, 3.05) is 6.61 Å². The standard InChI is InChI=1S/C24H26FN5O8S/c1-14-6-7-15(2)17(11-14)12-21-26-24(28-27-21)23(38-22(32)5-4-10-37-30(33)34)19-9-8-18(13-20(19)25)39(35,36)29-16(3)31/h6-9,11,13,23H,4-5,10,12H2,1-3H3,(H,29,31)(H,26,27,28). The Morgan fingerprint density at radius 2 is 1.95 bits per heavy atom. The molecule has 1 unspecified atom stereocenters. The smallest absolute Gasteiger partial charge is 0.306 e. The fourth-order valence-corrected chi connectivity index (χ4v) is 4.62. The zero-order chi connectivity index (χ0) is 28.7. The highest BCUT2D eigenvalue weighted by molar-refractivity contribution is 7.90. The number of aromatic nitrogens is 3. The number of ether oxygens (including phenoxy) is 1. The summed E-state index contributed by atoms with van der Waals surface area (Å²) in [5, 5.41) is 16.2. The maximum Gasteiger partial charge on any atom is 0.306 e. The van der Waals surface area contributed by atoms with Crippen molar-refractivity contribution in [3.05, 3.63) is 86.2 Å². The van der Waals surface area contributed by atoms with Crippen molar-refractivity contribution in [3.8, 4) is 0 Å². The molecule has 0 spiro atoms. The number of hydrogen-bond acceptors (Lipinski definition) is 10. The Balaban J connectivity index is 1.91. The van der Waals surface area contributed by atoms with Gasteiger partial charge in [0.1, 0.15) is 11.6 Å². The SMILES string of the molecule is CC(=O)NS(=O)(=O)c1ccc(C(OC(=O)CCCO[N+](=O)[O-])c2n[nH]c(Cc3cc(C)ccc3C)n2)c(F)c1. The average Bonchev–Trinajstić information content (AvgIpc) is 3.30. The number of amides is 1. The van der Waals surface area contributed by atoms with E-state index in [0.717, 1.165) is 35.7 Å². The Bertz CT molecular complexity index is 1490. The highest BCUT2D eigenvalue weighted by atomic mass is 32.2. The monoisotopic (exact) mass is 563 g/mol. The third kappa shape index (κ3) is 8.04. The molecule has 39 heavy (non-hydrogen) atoms. The molecule has 0 fully saturated rings. The van der Waals surface area contributed by atoms with Crippen LogP contribution in [0.4, 0.5) is 4.39 Å². The highest BCUT2D eigenvalue weighted by Gasteiger charge is 2.28. The van der Waals surface area contributed by atoms with Crippen LogP contribution < -0.4 is 4.72 Å². The van der Waals surface area contributed by atoms with Crippen molar-refractivity contribution in [2.45, 2.75) is 51.0 Å². The quantitative estimate of drug-likeness (QED) is 0.144. The summed E-state index contributed by atoms with van der Waals surface area (Å²) < 4.78 is 46.9. The molecule has 0 radical (unpaired) electrons. The maximum absolute atomic E-state index is 15.2. The Hall–Kier alpha value is -4.40. The fourth-order valence-electron chi connectivity index (χ4n) is 3.61. The molecular weight excluding hydrogens is 537 g/mol. The van der Waals surface area contributed by atoms with Gasteiger partial charge in [0.15, 0.2) is 11.9 Å². The second-order valence-electron chi connectivity index (χ2n) is 8.62. The lowest BCUT2D eigenvalue weighted by atomic mass is 10.0. The van der Waals surface area contributed by atoms with Crippen molar-refractivity contribution >= 4 is 21.9 Å². The first-order chi connectivity index (χ1) is 18.4. The maximum atomic E-state index is 15.2. The van der Waals surface area contributed by atoms with E-state index in [1.807, 2.05) is 32.0 Å². The summed E-state index contributed by atoms with van der Waals surface area (Å²) in [5.41, 5.74) is 2.78. The van der Waals surface area contributed by atoms with Gasteiger partial charge in [0.25, 0.3) is 15.1 Å². The van der Waals surface area contributed by atoms with Gasteiger partial charge in [-0.25, -0.2) is 22.5 Å². The fraction of sp³-hybridized carbons (Fsp3) is 0.333. The normalized spacial score (nSPS) is 12.0. The molecule has 1 atom stereocenters. The van der Waals surface area contributed by atoms with Gasteiger partial charge in [0.05, 0.1) is 11.5 Å². The minimum absolute atomic E-state index is 0.0468. The molecule has 1 heterocycles. The zero-order valence-electron chi connectivity index (χ0n) is 21.3. The topological polar surface area (TPSA) is 183 Å². The average molecular weight is 564 g/mol. The lowest BCUT2D eigenvalue weighted by Crippen LogP contribution is -2.28. The molecule has 2 N–H and O–H groups in total. The van der Waals surface area contributed by atoms with Gasteiger partial charge in [-0.2, -0.15) is 5.10 Å². The molecule has 0 aliphatic heterocycles. The number of benzene rings is 2. The molecule has 0 saturated heterocycles. The Kier molecular flexibility index (Phi) is 9.29. The second kappa shape index (κ2) is 12.4. The van der Waals surface area contributed by atoms with Gasteiger partial charge in [0, 0.05) is 25.3 Å². The molecule has 0 saturated carbocycles. The first kappa shape index (κ1) is 29.2. The van der Waals surface area contributed by atoms with Gasteiger partial charge in [-0.05, 0) is 43.5 Å². The highest BCUT2D eigenvalue weighted by Crippen LogP contribution is 2.29. The van der Waals surface area contributed by atoms with E-state index in [4.69, 9.17) is 4.74 Å². The van der Waals surface area contributed by atoms with Gasteiger partial charge >= 0.3 is 5.97 Å². The van der Waals surface area contributed by atoms with Crippen molar-refractivity contribution in [2.24, 2.45) is 0 Å². The van der Waals surface area contributed by atoms with Crippen molar-refractivity contribution < 1.29 is 37.1 Å². The lowest BCUT2D eigenvalue weighted by molar-refractivity contribution is -0.757. The predicted molar refractivity (Wildman–Crippen MR) is 133 cm³/mol. The van der Waals surface area contributed by atoms with Gasteiger partial charge < -0.3 is 9.57 Å². The lowest BCUT2D eigenvalue weighted by Gasteiger charge is -2.17. The number of aromatic amines is 1. The number of aryl methyl sites for hydroxylation is 2. The third-order valence-electron chi connectivity index (χ3n) is 5.46. The van der Waals surface area contributed by atoms with Crippen LogP contribution in [-0.4, -0.2) is 47.2 Å². The first-order valence-electron chi connectivity index (χ1n) is 11.6. The van der Waals surface area contributed by atoms with E-state index < -0.39 is 43.8 Å². The number of sulfonamides is 1. The second-order valence-corrected chi connectivity index (χ2v) is 10.3. The first-order valence-corrected chi connectivity index (χ1v) is 13.1. The summed E-state index contributed by atoms with van der Waals surface area (Å²) in [6, 6.07) is 8.71. The van der Waals surface area contributed by atoms with Crippen LogP contribution >= 0.6 is 0 Å². The molecule has 208 valence electrons. The van der Waals surface area contributed by atoms with Gasteiger partial charge in [-0.15, -0.1) is 10.1 Å². The summed E-state index contributed by atoms with van der Waals surface area (Å²) >= 11 is 0. The largest absolute Gasteiger partial charge is 0.449 e. The van der Waals surface area contributed by atoms with Crippen LogP contribution in [0.25, 0.3) is 0 Å². The Morgan fingerprint density at radius 1 is 1.21 bits per heavy atom. The molecule has 3 rings (SSSR count). The number of hydrogen-bond donors (Lipinski definition) is 2. The van der Waals surface area contributed by atoms with Crippen LogP contribution in [0.15, 0.2) is 41.3 Å². The Labute approximate surface area is 222 Å². The molecule has 0 bridgehead atoms. The minimum atomic E-state index is -4.33. The van der Waals surface area contributed by atoms with E-state index in [2.05, 4.69) is 20.0 Å². The molecule has 1 amide bonds. The van der Waals surface area contributed by atoms with Crippen LogP contribution in [0, 0.1) is 29.8 Å². The summed E-state index contributed by atoms with van der Waals surface area (Å²) in [6.45, 7) is 4.52. The van der Waals surface area contributed by atoms with E-state index in [0.29, 0.717) is 18.3 Å². The number of H-pyrrole nitrogens is 1. The Morgan fingerprint density at radius 3 is 2.62 bits per heavy atom. The molecule has 0 aliphatic carbocycles. The van der Waals surface area contributed by atoms with Crippen molar-refractivity contribution in [1.29, 1.82) is 0 Å². The number of halogens is 1. The molecule has 2 aromatic carbocycles. The van der Waals surface area contributed by atoms with E-state index in [1.54, 1.807) is 4.72 Å². The number of rotatable bonds is 12. The van der Waals surface area contributed by atoms with Crippen LogP contribution in [-0.2, 0) is 35.6 Å². The molecular formula is C24H26FN5O8S. The van der Waals surface area contributed by atoms with Gasteiger partial charge in [-0.3, -0.25) is 14.7 Å². The molecule has 13 nitrogen and oxygen atoms in total. The van der Waals surface area contributed by atoms with E-state index >= 15 is 4.39 Å². The van der Waals surface area contributed by atoms with Crippen LogP contribution in [0.2, 0.25) is 0 Å². The zero-order valence-corrected chi connectivity index (χ0v) is 22.1. The molecule has 3 aromatic rings. The van der Waals surface area contributed by atoms with Gasteiger partial charge in [0.2, 0.25) is 5.91 Å². The summed E-state index contributed by atoms with van der Waals surface area (Å²) in [7, 11) is -4.33. The number of carbonyl (C=O) groups is 2. The molecule has 1 aromatic heterocycles. The van der Waals surface area contributed by atoms with Crippen molar-refractivity contribution in [1.82, 2.24) is 19.9 Å². The van der Waals surface area contributed by atoms with Crippen LogP contribution in [0.5, 0.6) is 0 Å². The summed E-state index contributed by atoms with van der Waals surface area (Å²) in [5.74, 6) is -2.45. The molecule has 15 heteroatoms. The number of esters is 1. The number of nitrogens with one attached hydrogen (secondary N) is 2. The van der Waals surface area contributed by atoms with E-state index in [9.17, 15) is 28.1 Å². The predicted octanol–water partition coefficient (Wildman–Crippen LogP) is 2.60. The minimum Gasteiger partial charge on any atom is -0.449 e. The summed E-state index contributed by atoms with van der Waals surface area (Å²) in [6.07, 6.45) is -1.46. The van der Waals surface area contributed by atoms with Crippen molar-refractivity contribution in [3.63, 3.8) is 0 Å². The summed E-state index contributed by atoms with van der Waals surface area (Å²) in [4.78, 5) is 42.0. The van der Waals surface area contributed by atoms with E-state index in [1.165, 1.54) is 0 Å².